The third-order valence-electron chi connectivity index (χ3n) is 7.47. The van der Waals surface area contributed by atoms with E-state index < -0.39 is 0 Å². The number of nitrogens with zero attached hydrogens (tertiary/aromatic N) is 3. The Bertz CT molecular complexity index is 1610. The van der Waals surface area contributed by atoms with Gasteiger partial charge in [0.1, 0.15) is 11.3 Å². The molecule has 3 N–H and O–H groups in total. The number of alkyl halides is 2. The number of hydrogen-bond acceptors (Lipinski definition) is 6. The maximum Gasteiger partial charge on any atom is 0.287 e. The van der Waals surface area contributed by atoms with E-state index >= 15 is 0 Å². The molecule has 2 aromatic heterocycles. The van der Waals surface area contributed by atoms with Crippen LogP contribution in [-0.2, 0) is 18.3 Å². The quantitative estimate of drug-likeness (QED) is 0.0947. The molecular formula is C34H42Cl2N6O4. The van der Waals surface area contributed by atoms with E-state index in [2.05, 4.69) is 50.0 Å². The Balaban J connectivity index is 1.26. The van der Waals surface area contributed by atoms with Gasteiger partial charge in [-0.25, -0.2) is 0 Å². The second kappa shape index (κ2) is 17.1. The summed E-state index contributed by atoms with van der Waals surface area (Å²) in [6, 6.07) is 16.8. The lowest BCUT2D eigenvalue weighted by molar-refractivity contribution is -0.116. The minimum atomic E-state index is -0.330. The number of benzene rings is 2. The number of fused-ring (bicyclic) bond motifs is 1. The van der Waals surface area contributed by atoms with Crippen LogP contribution in [0.25, 0.3) is 11.0 Å². The number of nitrogens with one attached hydrogen (secondary N) is 3. The van der Waals surface area contributed by atoms with Gasteiger partial charge in [-0.3, -0.25) is 14.4 Å². The number of anilines is 3. The second-order valence-electron chi connectivity index (χ2n) is 11.4. The normalized spacial score (nSPS) is 11.2. The van der Waals surface area contributed by atoms with Gasteiger partial charge >= 0.3 is 0 Å². The maximum atomic E-state index is 13.1. The fourth-order valence-electron chi connectivity index (χ4n) is 5.10. The SMILES string of the molecule is CN(C)CCCNC(=O)c1cc2cc(NC(=O)c3cc(NC(=O)CCCc4ccc(N(CCCl)CCCl)cc4)cn3C)ccc2o1. The number of hydrogen-bond donors (Lipinski definition) is 3. The summed E-state index contributed by atoms with van der Waals surface area (Å²) in [4.78, 5) is 42.4. The first-order chi connectivity index (χ1) is 22.2. The highest BCUT2D eigenvalue weighted by atomic mass is 35.5. The lowest BCUT2D eigenvalue weighted by atomic mass is 10.1. The van der Waals surface area contributed by atoms with Crippen LogP contribution in [0.2, 0.25) is 0 Å². The van der Waals surface area contributed by atoms with Crippen LogP contribution in [0.1, 0.15) is 45.9 Å². The number of aryl methyl sites for hydroxylation is 2. The molecule has 12 heteroatoms. The summed E-state index contributed by atoms with van der Waals surface area (Å²) in [5.74, 6) is 0.560. The summed E-state index contributed by atoms with van der Waals surface area (Å²) in [5.41, 5.74) is 4.27. The number of carbonyl (C=O) groups is 3. The van der Waals surface area contributed by atoms with Crippen molar-refractivity contribution in [1.29, 1.82) is 0 Å². The highest BCUT2D eigenvalue weighted by molar-refractivity contribution is 6.18. The van der Waals surface area contributed by atoms with Crippen LogP contribution in [0.4, 0.5) is 17.1 Å². The van der Waals surface area contributed by atoms with E-state index in [-0.39, 0.29) is 23.5 Å². The molecule has 3 amide bonds. The highest BCUT2D eigenvalue weighted by Gasteiger charge is 2.16. The van der Waals surface area contributed by atoms with Crippen LogP contribution >= 0.6 is 23.2 Å². The van der Waals surface area contributed by atoms with Crippen LogP contribution in [0, 0.1) is 0 Å². The van der Waals surface area contributed by atoms with Crippen LogP contribution in [0.15, 0.2) is 65.2 Å². The van der Waals surface area contributed by atoms with Gasteiger partial charge in [0.2, 0.25) is 5.91 Å². The van der Waals surface area contributed by atoms with Gasteiger partial charge in [0.05, 0.1) is 5.69 Å². The Kier molecular flexibility index (Phi) is 12.9. The fourth-order valence-corrected chi connectivity index (χ4v) is 5.50. The van der Waals surface area contributed by atoms with Gasteiger partial charge in [-0.15, -0.1) is 23.2 Å². The number of furan rings is 1. The number of carbonyl (C=O) groups excluding carboxylic acids is 3. The second-order valence-corrected chi connectivity index (χ2v) is 12.1. The third-order valence-corrected chi connectivity index (χ3v) is 7.80. The lowest BCUT2D eigenvalue weighted by Crippen LogP contribution is -2.27. The van der Waals surface area contributed by atoms with Gasteiger partial charge < -0.3 is 34.7 Å². The molecule has 0 atom stereocenters. The van der Waals surface area contributed by atoms with Gasteiger partial charge in [0.25, 0.3) is 11.8 Å². The fraction of sp³-hybridized carbons (Fsp3) is 0.382. The average Bonchev–Trinajstić information content (AvgIpc) is 3.62. The molecule has 46 heavy (non-hydrogen) atoms. The number of halogens is 2. The summed E-state index contributed by atoms with van der Waals surface area (Å²) < 4.78 is 7.37. The smallest absolute Gasteiger partial charge is 0.287 e. The Morgan fingerprint density at radius 2 is 1.59 bits per heavy atom. The molecule has 0 saturated carbocycles. The molecular weight excluding hydrogens is 627 g/mol. The largest absolute Gasteiger partial charge is 0.451 e. The first kappa shape index (κ1) is 34.9. The topological polar surface area (TPSA) is 112 Å². The van der Waals surface area contributed by atoms with Crippen LogP contribution < -0.4 is 20.9 Å². The number of amides is 3. The molecule has 10 nitrogen and oxygen atoms in total. The molecule has 246 valence electrons. The molecule has 0 aliphatic rings. The zero-order chi connectivity index (χ0) is 33.1. The minimum absolute atomic E-state index is 0.118. The van der Waals surface area contributed by atoms with Crippen LogP contribution in [-0.4, -0.2) is 79.2 Å². The molecule has 2 heterocycles. The van der Waals surface area contributed by atoms with Gasteiger partial charge in [-0.2, -0.15) is 0 Å². The zero-order valence-corrected chi connectivity index (χ0v) is 28.1. The predicted molar refractivity (Wildman–Crippen MR) is 187 cm³/mol. The Morgan fingerprint density at radius 3 is 2.28 bits per heavy atom. The van der Waals surface area contributed by atoms with Crippen LogP contribution in [0.5, 0.6) is 0 Å². The van der Waals surface area contributed by atoms with Gasteiger partial charge in [-0.05, 0) is 87.9 Å². The third kappa shape index (κ3) is 10.0. The van der Waals surface area contributed by atoms with E-state index in [0.717, 1.165) is 43.7 Å². The van der Waals surface area contributed by atoms with Crippen molar-refractivity contribution in [3.63, 3.8) is 0 Å². The van der Waals surface area contributed by atoms with Gasteiger partial charge in [0, 0.05) is 67.8 Å². The molecule has 0 spiro atoms. The Morgan fingerprint density at radius 1 is 0.848 bits per heavy atom. The van der Waals surface area contributed by atoms with Crippen molar-refractivity contribution in [2.45, 2.75) is 25.7 Å². The Labute approximate surface area is 280 Å². The molecule has 2 aromatic carbocycles. The standard InChI is InChI=1S/C34H42Cl2N6O4/c1-40(2)17-5-16-37-34(45)31-21-25-20-26(10-13-30(25)46-31)39-33(44)29-22-27(23-41(29)3)38-32(43)7-4-6-24-8-11-28(12-9-24)42(18-14-35)19-15-36/h8-13,20-23H,4-7,14-19H2,1-3H3,(H,37,45)(H,38,43)(H,39,44). The van der Waals surface area contributed by atoms with Crippen LogP contribution in [0.3, 0.4) is 0 Å². The molecule has 0 aliphatic carbocycles. The van der Waals surface area contributed by atoms with E-state index in [9.17, 15) is 14.4 Å². The van der Waals surface area contributed by atoms with E-state index in [4.69, 9.17) is 27.6 Å². The molecule has 0 aliphatic heterocycles. The van der Waals surface area contributed by atoms with Crippen molar-refractivity contribution in [2.24, 2.45) is 7.05 Å². The number of aromatic nitrogens is 1. The predicted octanol–water partition coefficient (Wildman–Crippen LogP) is 5.95. The molecule has 4 rings (SSSR count). The zero-order valence-electron chi connectivity index (χ0n) is 26.6. The summed E-state index contributed by atoms with van der Waals surface area (Å²) in [5, 5.41) is 9.35. The summed E-state index contributed by atoms with van der Waals surface area (Å²) in [6.45, 7) is 2.89. The molecule has 0 bridgehead atoms. The van der Waals surface area contributed by atoms with Crippen molar-refractivity contribution in [3.8, 4) is 0 Å². The first-order valence-electron chi connectivity index (χ1n) is 15.4. The summed E-state index contributed by atoms with van der Waals surface area (Å²) >= 11 is 11.8. The summed E-state index contributed by atoms with van der Waals surface area (Å²) in [7, 11) is 5.72. The maximum absolute atomic E-state index is 13.1. The van der Waals surface area contributed by atoms with E-state index in [1.165, 1.54) is 0 Å². The average molecular weight is 670 g/mol. The molecule has 0 radical (unpaired) electrons. The minimum Gasteiger partial charge on any atom is -0.451 e. The molecule has 0 saturated heterocycles. The van der Waals surface area contributed by atoms with Crippen molar-refractivity contribution in [1.82, 2.24) is 14.8 Å². The molecule has 0 unspecified atom stereocenters. The van der Waals surface area contributed by atoms with E-state index in [1.54, 1.807) is 48.1 Å². The molecule has 4 aromatic rings. The van der Waals surface area contributed by atoms with Crippen molar-refractivity contribution in [3.05, 3.63) is 77.8 Å². The monoisotopic (exact) mass is 668 g/mol. The Hall–Kier alpha value is -3.99. The van der Waals surface area contributed by atoms with Gasteiger partial charge in [-0.1, -0.05) is 12.1 Å². The highest BCUT2D eigenvalue weighted by Crippen LogP contribution is 2.24. The lowest BCUT2D eigenvalue weighted by Gasteiger charge is -2.23. The van der Waals surface area contributed by atoms with E-state index in [1.807, 2.05) is 14.1 Å². The van der Waals surface area contributed by atoms with Crippen molar-refractivity contribution in [2.75, 3.05) is 67.6 Å². The van der Waals surface area contributed by atoms with Crippen molar-refractivity contribution < 1.29 is 18.8 Å². The van der Waals surface area contributed by atoms with Crippen molar-refractivity contribution >= 4 is 69.0 Å². The molecule has 0 fully saturated rings. The number of rotatable bonds is 17. The summed E-state index contributed by atoms with van der Waals surface area (Å²) in [6.07, 6.45) is 4.35. The van der Waals surface area contributed by atoms with E-state index in [0.29, 0.717) is 59.2 Å². The first-order valence-corrected chi connectivity index (χ1v) is 16.4. The van der Waals surface area contributed by atoms with Gasteiger partial charge in [0.15, 0.2) is 5.76 Å².